The van der Waals surface area contributed by atoms with Crippen LogP contribution in [-0.2, 0) is 6.54 Å². The van der Waals surface area contributed by atoms with Crippen molar-refractivity contribution in [3.63, 3.8) is 0 Å². The smallest absolute Gasteiger partial charge is 0.328 e. The van der Waals surface area contributed by atoms with Crippen LogP contribution in [-0.4, -0.2) is 46.5 Å². The SMILES string of the molecule is CCn1c(=O)[nH]c2cc(C(=O)NCCCN3CCC(C)CC3)ccc2c1=O. The Hall–Kier alpha value is -2.41. The molecule has 0 radical (unpaired) electrons. The molecule has 1 aliphatic rings. The number of H-pyrrole nitrogens is 1. The van der Waals surface area contributed by atoms with Gasteiger partial charge in [-0.1, -0.05) is 6.92 Å². The van der Waals surface area contributed by atoms with Gasteiger partial charge in [0.25, 0.3) is 11.5 Å². The quantitative estimate of drug-likeness (QED) is 0.754. The van der Waals surface area contributed by atoms with Gasteiger partial charge in [-0.2, -0.15) is 0 Å². The highest BCUT2D eigenvalue weighted by atomic mass is 16.2. The van der Waals surface area contributed by atoms with Crippen LogP contribution in [0.15, 0.2) is 27.8 Å². The molecule has 2 N–H and O–H groups in total. The summed E-state index contributed by atoms with van der Waals surface area (Å²) in [6.07, 6.45) is 3.41. The first kappa shape index (κ1) is 19.4. The van der Waals surface area contributed by atoms with E-state index in [-0.39, 0.29) is 11.5 Å². The number of carbonyl (C=O) groups excluding carboxylic acids is 1. The summed E-state index contributed by atoms with van der Waals surface area (Å²) in [6, 6.07) is 4.80. The number of nitrogens with one attached hydrogen (secondary N) is 2. The van der Waals surface area contributed by atoms with Crippen LogP contribution in [0.25, 0.3) is 10.9 Å². The molecule has 0 spiro atoms. The molecule has 1 aromatic carbocycles. The summed E-state index contributed by atoms with van der Waals surface area (Å²) < 4.78 is 1.14. The Morgan fingerprint density at radius 2 is 2.00 bits per heavy atom. The number of benzene rings is 1. The van der Waals surface area contributed by atoms with E-state index in [1.807, 2.05) is 0 Å². The number of hydrogen-bond acceptors (Lipinski definition) is 4. The maximum Gasteiger partial charge on any atom is 0.328 e. The summed E-state index contributed by atoms with van der Waals surface area (Å²) in [6.45, 7) is 8.24. The van der Waals surface area contributed by atoms with Gasteiger partial charge in [0, 0.05) is 18.7 Å². The van der Waals surface area contributed by atoms with E-state index in [4.69, 9.17) is 0 Å². The molecular weight excluding hydrogens is 344 g/mol. The number of fused-ring (bicyclic) bond motifs is 1. The van der Waals surface area contributed by atoms with Gasteiger partial charge in [0.1, 0.15) is 0 Å². The van der Waals surface area contributed by atoms with Crippen molar-refractivity contribution in [1.29, 1.82) is 0 Å². The zero-order valence-corrected chi connectivity index (χ0v) is 16.1. The van der Waals surface area contributed by atoms with Gasteiger partial charge in [-0.3, -0.25) is 14.2 Å². The first-order chi connectivity index (χ1) is 13.0. The lowest BCUT2D eigenvalue weighted by Crippen LogP contribution is -2.35. The molecule has 2 aromatic rings. The number of nitrogens with zero attached hydrogens (tertiary/aromatic N) is 2. The first-order valence-corrected chi connectivity index (χ1v) is 9.77. The van der Waals surface area contributed by atoms with Gasteiger partial charge in [-0.25, -0.2) is 4.79 Å². The number of likely N-dealkylation sites (tertiary alicyclic amines) is 1. The van der Waals surface area contributed by atoms with Crippen LogP contribution >= 0.6 is 0 Å². The molecule has 0 saturated carbocycles. The number of amides is 1. The minimum Gasteiger partial charge on any atom is -0.352 e. The molecule has 1 aromatic heterocycles. The molecule has 7 heteroatoms. The van der Waals surface area contributed by atoms with E-state index in [0.717, 1.165) is 36.5 Å². The van der Waals surface area contributed by atoms with E-state index in [2.05, 4.69) is 22.1 Å². The lowest BCUT2D eigenvalue weighted by Gasteiger charge is -2.30. The molecule has 7 nitrogen and oxygen atoms in total. The first-order valence-electron chi connectivity index (χ1n) is 9.77. The van der Waals surface area contributed by atoms with Crippen molar-refractivity contribution in [2.75, 3.05) is 26.2 Å². The molecule has 0 unspecified atom stereocenters. The van der Waals surface area contributed by atoms with Crippen molar-refractivity contribution < 1.29 is 4.79 Å². The fraction of sp³-hybridized carbons (Fsp3) is 0.550. The molecule has 1 fully saturated rings. The second-order valence-electron chi connectivity index (χ2n) is 7.37. The van der Waals surface area contributed by atoms with Crippen LogP contribution in [0, 0.1) is 5.92 Å². The number of rotatable bonds is 6. The monoisotopic (exact) mass is 372 g/mol. The molecule has 27 heavy (non-hydrogen) atoms. The summed E-state index contributed by atoms with van der Waals surface area (Å²) >= 11 is 0. The Kier molecular flexibility index (Phi) is 6.11. The molecule has 0 aliphatic carbocycles. The molecule has 3 rings (SSSR count). The Labute approximate surface area is 158 Å². The largest absolute Gasteiger partial charge is 0.352 e. The zero-order valence-electron chi connectivity index (χ0n) is 16.1. The average Bonchev–Trinajstić information content (AvgIpc) is 2.66. The van der Waals surface area contributed by atoms with Gasteiger partial charge in [0.2, 0.25) is 0 Å². The van der Waals surface area contributed by atoms with Crippen molar-refractivity contribution >= 4 is 16.8 Å². The van der Waals surface area contributed by atoms with E-state index >= 15 is 0 Å². The summed E-state index contributed by atoms with van der Waals surface area (Å²) in [5.41, 5.74) is 0.0471. The molecule has 0 bridgehead atoms. The number of hydrogen-bond donors (Lipinski definition) is 2. The van der Waals surface area contributed by atoms with Crippen molar-refractivity contribution in [2.24, 2.45) is 5.92 Å². The van der Waals surface area contributed by atoms with Gasteiger partial charge in [0.05, 0.1) is 10.9 Å². The van der Waals surface area contributed by atoms with Crippen LogP contribution in [0.1, 0.15) is 43.5 Å². The van der Waals surface area contributed by atoms with E-state index in [1.54, 1.807) is 25.1 Å². The van der Waals surface area contributed by atoms with Crippen LogP contribution in [0.2, 0.25) is 0 Å². The fourth-order valence-electron chi connectivity index (χ4n) is 3.58. The molecule has 0 atom stereocenters. The molecule has 1 aliphatic heterocycles. The highest BCUT2D eigenvalue weighted by Gasteiger charge is 2.15. The maximum atomic E-state index is 12.4. The van der Waals surface area contributed by atoms with Gasteiger partial charge in [-0.15, -0.1) is 0 Å². The third kappa shape index (κ3) is 4.47. The number of carbonyl (C=O) groups is 1. The average molecular weight is 372 g/mol. The van der Waals surface area contributed by atoms with Crippen molar-refractivity contribution in [2.45, 2.75) is 39.7 Å². The van der Waals surface area contributed by atoms with Crippen LogP contribution in [0.4, 0.5) is 0 Å². The van der Waals surface area contributed by atoms with Crippen LogP contribution in [0.3, 0.4) is 0 Å². The van der Waals surface area contributed by atoms with Gasteiger partial charge < -0.3 is 15.2 Å². The van der Waals surface area contributed by atoms with Crippen molar-refractivity contribution in [3.05, 3.63) is 44.6 Å². The van der Waals surface area contributed by atoms with Crippen LogP contribution < -0.4 is 16.6 Å². The maximum absolute atomic E-state index is 12.4. The van der Waals surface area contributed by atoms with E-state index in [9.17, 15) is 14.4 Å². The molecule has 146 valence electrons. The Morgan fingerprint density at radius 1 is 1.26 bits per heavy atom. The number of piperidine rings is 1. The van der Waals surface area contributed by atoms with Gasteiger partial charge >= 0.3 is 5.69 Å². The lowest BCUT2D eigenvalue weighted by atomic mass is 9.99. The van der Waals surface area contributed by atoms with E-state index in [0.29, 0.717) is 29.6 Å². The lowest BCUT2D eigenvalue weighted by molar-refractivity contribution is 0.0950. The predicted octanol–water partition coefficient (Wildman–Crippen LogP) is 1.56. The number of aromatic amines is 1. The fourth-order valence-corrected chi connectivity index (χ4v) is 3.58. The van der Waals surface area contributed by atoms with Crippen molar-refractivity contribution in [3.8, 4) is 0 Å². The molecule has 1 amide bonds. The zero-order chi connectivity index (χ0) is 19.4. The minimum atomic E-state index is -0.455. The summed E-state index contributed by atoms with van der Waals surface area (Å²) in [7, 11) is 0. The van der Waals surface area contributed by atoms with E-state index < -0.39 is 5.69 Å². The Bertz CT molecular complexity index is 923. The molecule has 1 saturated heterocycles. The van der Waals surface area contributed by atoms with Gasteiger partial charge in [0.15, 0.2) is 0 Å². The topological polar surface area (TPSA) is 87.2 Å². The Balaban J connectivity index is 1.59. The van der Waals surface area contributed by atoms with Gasteiger partial charge in [-0.05, 0) is 69.9 Å². The third-order valence-corrected chi connectivity index (χ3v) is 5.37. The van der Waals surface area contributed by atoms with Crippen molar-refractivity contribution in [1.82, 2.24) is 19.8 Å². The second kappa shape index (κ2) is 8.52. The third-order valence-electron chi connectivity index (χ3n) is 5.37. The standard InChI is InChI=1S/C20H28N4O3/c1-3-24-19(26)16-6-5-15(13-17(16)22-20(24)27)18(25)21-9-4-10-23-11-7-14(2)8-12-23/h5-6,13-14H,3-4,7-12H2,1-2H3,(H,21,25)(H,22,27). The minimum absolute atomic E-state index is 0.190. The van der Waals surface area contributed by atoms with E-state index in [1.165, 1.54) is 12.8 Å². The molecule has 2 heterocycles. The highest BCUT2D eigenvalue weighted by Crippen LogP contribution is 2.15. The normalized spacial score (nSPS) is 15.9. The summed E-state index contributed by atoms with van der Waals surface area (Å²) in [5, 5.41) is 3.33. The highest BCUT2D eigenvalue weighted by molar-refractivity contribution is 5.97. The van der Waals surface area contributed by atoms with Crippen LogP contribution in [0.5, 0.6) is 0 Å². The predicted molar refractivity (Wildman–Crippen MR) is 106 cm³/mol. The molecular formula is C20H28N4O3. The summed E-state index contributed by atoms with van der Waals surface area (Å²) in [4.78, 5) is 41.7. The Morgan fingerprint density at radius 3 is 2.70 bits per heavy atom. The number of aromatic nitrogens is 2. The second-order valence-corrected chi connectivity index (χ2v) is 7.37. The summed E-state index contributed by atoms with van der Waals surface area (Å²) in [5.74, 6) is 0.631.